The van der Waals surface area contributed by atoms with E-state index in [4.69, 9.17) is 9.47 Å². The molecule has 1 unspecified atom stereocenters. The van der Waals surface area contributed by atoms with E-state index >= 15 is 0 Å². The van der Waals surface area contributed by atoms with E-state index in [9.17, 15) is 9.65 Å². The standard InChI is InChI=1S/C18H18FNO2/c1-21-18-7-3-2-6-17(18)14(13-20)5-4-12-22-16-10-8-15(19)9-11-16/h2-3,6-11,14H,4-5,12H2,1H3. The topological polar surface area (TPSA) is 42.2 Å². The molecule has 0 spiro atoms. The van der Waals surface area contributed by atoms with Crippen molar-refractivity contribution in [1.29, 1.82) is 5.26 Å². The van der Waals surface area contributed by atoms with Gasteiger partial charge in [-0.2, -0.15) is 5.26 Å². The van der Waals surface area contributed by atoms with Gasteiger partial charge < -0.3 is 9.47 Å². The first-order valence-corrected chi connectivity index (χ1v) is 7.15. The zero-order valence-electron chi connectivity index (χ0n) is 12.5. The van der Waals surface area contributed by atoms with E-state index in [1.54, 1.807) is 19.2 Å². The van der Waals surface area contributed by atoms with Crippen LogP contribution in [0.4, 0.5) is 4.39 Å². The van der Waals surface area contributed by atoms with Crippen molar-refractivity contribution in [2.45, 2.75) is 18.8 Å². The van der Waals surface area contributed by atoms with Gasteiger partial charge in [0.2, 0.25) is 0 Å². The third kappa shape index (κ3) is 4.23. The van der Waals surface area contributed by atoms with E-state index in [2.05, 4.69) is 6.07 Å². The van der Waals surface area contributed by atoms with Gasteiger partial charge >= 0.3 is 0 Å². The second kappa shape index (κ2) is 8.04. The summed E-state index contributed by atoms with van der Waals surface area (Å²) in [5.41, 5.74) is 0.897. The lowest BCUT2D eigenvalue weighted by Gasteiger charge is -2.13. The predicted octanol–water partition coefficient (Wildman–Crippen LogP) is 4.30. The van der Waals surface area contributed by atoms with E-state index in [1.165, 1.54) is 12.1 Å². The van der Waals surface area contributed by atoms with Gasteiger partial charge in [-0.1, -0.05) is 18.2 Å². The normalized spacial score (nSPS) is 11.5. The highest BCUT2D eigenvalue weighted by Gasteiger charge is 2.14. The van der Waals surface area contributed by atoms with Crippen LogP contribution in [0.15, 0.2) is 48.5 Å². The van der Waals surface area contributed by atoms with Gasteiger partial charge in [-0.25, -0.2) is 4.39 Å². The monoisotopic (exact) mass is 299 g/mol. The average molecular weight is 299 g/mol. The van der Waals surface area contributed by atoms with Crippen molar-refractivity contribution in [3.8, 4) is 17.6 Å². The van der Waals surface area contributed by atoms with Gasteiger partial charge in [-0.3, -0.25) is 0 Å². The molecule has 114 valence electrons. The van der Waals surface area contributed by atoms with Gasteiger partial charge in [0, 0.05) is 5.56 Å². The molecular formula is C18H18FNO2. The highest BCUT2D eigenvalue weighted by atomic mass is 19.1. The predicted molar refractivity (Wildman–Crippen MR) is 82.5 cm³/mol. The number of ether oxygens (including phenoxy) is 2. The van der Waals surface area contributed by atoms with Crippen molar-refractivity contribution >= 4 is 0 Å². The summed E-state index contributed by atoms with van der Waals surface area (Å²) in [7, 11) is 1.60. The van der Waals surface area contributed by atoms with Crippen molar-refractivity contribution in [2.75, 3.05) is 13.7 Å². The van der Waals surface area contributed by atoms with Gasteiger partial charge in [0.15, 0.2) is 0 Å². The average Bonchev–Trinajstić information content (AvgIpc) is 2.57. The molecule has 2 aromatic carbocycles. The number of nitriles is 1. The quantitative estimate of drug-likeness (QED) is 0.716. The number of methoxy groups -OCH3 is 1. The molecule has 4 heteroatoms. The van der Waals surface area contributed by atoms with Crippen LogP contribution in [0.5, 0.6) is 11.5 Å². The molecule has 0 saturated heterocycles. The molecule has 0 aliphatic rings. The fraction of sp³-hybridized carbons (Fsp3) is 0.278. The van der Waals surface area contributed by atoms with Crippen LogP contribution in [-0.2, 0) is 0 Å². The van der Waals surface area contributed by atoms with Crippen LogP contribution >= 0.6 is 0 Å². The first-order valence-electron chi connectivity index (χ1n) is 7.15. The Morgan fingerprint density at radius 2 is 1.86 bits per heavy atom. The maximum absolute atomic E-state index is 12.8. The molecular weight excluding hydrogens is 281 g/mol. The van der Waals surface area contributed by atoms with Crippen molar-refractivity contribution in [3.05, 3.63) is 59.9 Å². The molecule has 0 aromatic heterocycles. The van der Waals surface area contributed by atoms with Gasteiger partial charge in [0.25, 0.3) is 0 Å². The molecule has 0 amide bonds. The summed E-state index contributed by atoms with van der Waals surface area (Å²) in [6.07, 6.45) is 1.41. The van der Waals surface area contributed by atoms with Crippen LogP contribution in [0.1, 0.15) is 24.3 Å². The molecule has 2 rings (SSSR count). The largest absolute Gasteiger partial charge is 0.496 e. The van der Waals surface area contributed by atoms with Crippen LogP contribution < -0.4 is 9.47 Å². The second-order valence-corrected chi connectivity index (χ2v) is 4.87. The first kappa shape index (κ1) is 15.8. The summed E-state index contributed by atoms with van der Waals surface area (Å²) in [4.78, 5) is 0. The fourth-order valence-corrected chi connectivity index (χ4v) is 2.25. The van der Waals surface area contributed by atoms with E-state index in [0.717, 1.165) is 17.7 Å². The van der Waals surface area contributed by atoms with E-state index < -0.39 is 0 Å². The zero-order chi connectivity index (χ0) is 15.8. The molecule has 0 N–H and O–H groups in total. The van der Waals surface area contributed by atoms with Crippen LogP contribution in [-0.4, -0.2) is 13.7 Å². The lowest BCUT2D eigenvalue weighted by atomic mass is 9.95. The number of rotatable bonds is 7. The molecule has 0 fully saturated rings. The molecule has 0 aliphatic carbocycles. The van der Waals surface area contributed by atoms with Crippen molar-refractivity contribution < 1.29 is 13.9 Å². The lowest BCUT2D eigenvalue weighted by molar-refractivity contribution is 0.304. The minimum atomic E-state index is -0.284. The SMILES string of the molecule is COc1ccccc1C(C#N)CCCOc1ccc(F)cc1. The fourth-order valence-electron chi connectivity index (χ4n) is 2.25. The number of halogens is 1. The smallest absolute Gasteiger partial charge is 0.123 e. The molecule has 3 nitrogen and oxygen atoms in total. The maximum atomic E-state index is 12.8. The Hall–Kier alpha value is -2.54. The molecule has 0 aliphatic heterocycles. The Bertz CT molecular complexity index is 634. The zero-order valence-corrected chi connectivity index (χ0v) is 12.5. The minimum Gasteiger partial charge on any atom is -0.496 e. The third-order valence-electron chi connectivity index (χ3n) is 3.39. The van der Waals surface area contributed by atoms with Crippen molar-refractivity contribution in [1.82, 2.24) is 0 Å². The number of hydrogen-bond donors (Lipinski definition) is 0. The number of nitrogens with zero attached hydrogens (tertiary/aromatic N) is 1. The molecule has 22 heavy (non-hydrogen) atoms. The van der Waals surface area contributed by atoms with Crippen LogP contribution in [0.3, 0.4) is 0 Å². The second-order valence-electron chi connectivity index (χ2n) is 4.87. The molecule has 0 heterocycles. The molecule has 0 saturated carbocycles. The van der Waals surface area contributed by atoms with Crippen molar-refractivity contribution in [2.24, 2.45) is 0 Å². The molecule has 1 atom stereocenters. The van der Waals surface area contributed by atoms with Gasteiger partial charge in [-0.05, 0) is 43.2 Å². The summed E-state index contributed by atoms with van der Waals surface area (Å²) in [6, 6.07) is 15.8. The molecule has 0 bridgehead atoms. The highest BCUT2D eigenvalue weighted by molar-refractivity contribution is 5.38. The minimum absolute atomic E-state index is 0.229. The van der Waals surface area contributed by atoms with Gasteiger partial charge in [-0.15, -0.1) is 0 Å². The Balaban J connectivity index is 1.86. The van der Waals surface area contributed by atoms with Crippen LogP contribution in [0.2, 0.25) is 0 Å². The van der Waals surface area contributed by atoms with Crippen LogP contribution in [0, 0.1) is 17.1 Å². The summed E-state index contributed by atoms with van der Waals surface area (Å²) in [5, 5.41) is 9.36. The lowest BCUT2D eigenvalue weighted by Crippen LogP contribution is -2.03. The Morgan fingerprint density at radius 3 is 2.55 bits per heavy atom. The van der Waals surface area contributed by atoms with E-state index in [-0.39, 0.29) is 11.7 Å². The molecule has 0 radical (unpaired) electrons. The summed E-state index contributed by atoms with van der Waals surface area (Å²) in [5.74, 6) is 0.849. The Morgan fingerprint density at radius 1 is 1.14 bits per heavy atom. The van der Waals surface area contributed by atoms with E-state index in [0.29, 0.717) is 18.8 Å². The van der Waals surface area contributed by atoms with Crippen LogP contribution in [0.25, 0.3) is 0 Å². The van der Waals surface area contributed by atoms with Crippen molar-refractivity contribution in [3.63, 3.8) is 0 Å². The highest BCUT2D eigenvalue weighted by Crippen LogP contribution is 2.29. The summed E-state index contributed by atoms with van der Waals surface area (Å²) in [6.45, 7) is 0.485. The number of hydrogen-bond acceptors (Lipinski definition) is 3. The Kier molecular flexibility index (Phi) is 5.79. The van der Waals surface area contributed by atoms with Gasteiger partial charge in [0.1, 0.15) is 17.3 Å². The summed E-state index contributed by atoms with van der Waals surface area (Å²) < 4.78 is 23.6. The van der Waals surface area contributed by atoms with E-state index in [1.807, 2.05) is 24.3 Å². The first-order chi connectivity index (χ1) is 10.7. The third-order valence-corrected chi connectivity index (χ3v) is 3.39. The number of benzene rings is 2. The maximum Gasteiger partial charge on any atom is 0.123 e. The Labute approximate surface area is 129 Å². The van der Waals surface area contributed by atoms with Gasteiger partial charge in [0.05, 0.1) is 25.7 Å². The summed E-state index contributed by atoms with van der Waals surface area (Å²) >= 11 is 0. The number of para-hydroxylation sites is 1. The molecule has 2 aromatic rings.